The summed E-state index contributed by atoms with van der Waals surface area (Å²) in [5.74, 6) is 0.774. The van der Waals surface area contributed by atoms with E-state index in [1.54, 1.807) is 6.07 Å². The Morgan fingerprint density at radius 2 is 2.26 bits per heavy atom. The minimum Gasteiger partial charge on any atom is -0.491 e. The van der Waals surface area contributed by atoms with Crippen LogP contribution < -0.4 is 10.5 Å². The van der Waals surface area contributed by atoms with Gasteiger partial charge in [-0.1, -0.05) is 17.3 Å². The van der Waals surface area contributed by atoms with Crippen molar-refractivity contribution in [2.45, 2.75) is 25.8 Å². The van der Waals surface area contributed by atoms with Crippen LogP contribution in [0.4, 0.5) is 0 Å². The minimum atomic E-state index is 0.0780. The van der Waals surface area contributed by atoms with Crippen LogP contribution in [0, 0.1) is 6.92 Å². The molecule has 0 aliphatic heterocycles. The van der Waals surface area contributed by atoms with Gasteiger partial charge >= 0.3 is 0 Å². The first kappa shape index (κ1) is 13.7. The number of rotatable bonds is 6. The summed E-state index contributed by atoms with van der Waals surface area (Å²) in [6.45, 7) is 3.44. The van der Waals surface area contributed by atoms with Gasteiger partial charge in [0.1, 0.15) is 12.4 Å². The van der Waals surface area contributed by atoms with Gasteiger partial charge in [-0.15, -0.1) is 0 Å². The van der Waals surface area contributed by atoms with E-state index in [0.29, 0.717) is 17.9 Å². The highest BCUT2D eigenvalue weighted by molar-refractivity contribution is 5.99. The molecule has 1 aliphatic carbocycles. The normalized spacial score (nSPS) is 15.8. The summed E-state index contributed by atoms with van der Waals surface area (Å²) in [7, 11) is 2.11. The van der Waals surface area contributed by atoms with E-state index in [1.165, 1.54) is 12.8 Å². The Bertz CT molecular complexity index is 470. The Balaban J connectivity index is 2.01. The van der Waals surface area contributed by atoms with Crippen molar-refractivity contribution in [3.63, 3.8) is 0 Å². The van der Waals surface area contributed by atoms with Gasteiger partial charge in [0, 0.05) is 12.6 Å². The molecule has 0 aromatic heterocycles. The molecule has 0 bridgehead atoms. The number of hydrogen-bond acceptors (Lipinski definition) is 4. The maximum Gasteiger partial charge on any atom is 0.173 e. The molecule has 1 fully saturated rings. The van der Waals surface area contributed by atoms with E-state index in [-0.39, 0.29) is 5.84 Å². The van der Waals surface area contributed by atoms with E-state index in [9.17, 15) is 0 Å². The Morgan fingerprint density at radius 3 is 2.89 bits per heavy atom. The van der Waals surface area contributed by atoms with E-state index in [0.717, 1.165) is 18.2 Å². The lowest BCUT2D eigenvalue weighted by molar-refractivity contribution is 0.230. The van der Waals surface area contributed by atoms with Crippen LogP contribution in [0.15, 0.2) is 23.4 Å². The van der Waals surface area contributed by atoms with Gasteiger partial charge in [-0.2, -0.15) is 0 Å². The van der Waals surface area contributed by atoms with Crippen LogP contribution in [0.5, 0.6) is 5.75 Å². The summed E-state index contributed by atoms with van der Waals surface area (Å²) in [5.41, 5.74) is 7.28. The van der Waals surface area contributed by atoms with Crippen LogP contribution in [0.25, 0.3) is 0 Å². The summed E-state index contributed by atoms with van der Waals surface area (Å²) in [4.78, 5) is 2.31. The molecule has 0 radical (unpaired) electrons. The van der Waals surface area contributed by atoms with Crippen molar-refractivity contribution < 1.29 is 9.94 Å². The number of para-hydroxylation sites is 1. The van der Waals surface area contributed by atoms with Gasteiger partial charge in [-0.3, -0.25) is 0 Å². The van der Waals surface area contributed by atoms with Crippen molar-refractivity contribution in [1.29, 1.82) is 0 Å². The molecule has 5 nitrogen and oxygen atoms in total. The molecular formula is C14H21N3O2. The van der Waals surface area contributed by atoms with Gasteiger partial charge in [-0.05, 0) is 38.4 Å². The first-order valence-corrected chi connectivity index (χ1v) is 6.54. The topological polar surface area (TPSA) is 71.1 Å². The fourth-order valence-electron chi connectivity index (χ4n) is 2.09. The monoisotopic (exact) mass is 263 g/mol. The fraction of sp³-hybridized carbons (Fsp3) is 0.500. The number of oxime groups is 1. The summed E-state index contributed by atoms with van der Waals surface area (Å²) >= 11 is 0. The van der Waals surface area contributed by atoms with E-state index >= 15 is 0 Å². The molecule has 0 amide bonds. The van der Waals surface area contributed by atoms with E-state index in [1.807, 2.05) is 19.1 Å². The van der Waals surface area contributed by atoms with Gasteiger partial charge in [0.2, 0.25) is 0 Å². The predicted octanol–water partition coefficient (Wildman–Crippen LogP) is 1.56. The lowest BCUT2D eigenvalue weighted by Crippen LogP contribution is -2.26. The zero-order valence-electron chi connectivity index (χ0n) is 11.5. The molecular weight excluding hydrogens is 242 g/mol. The van der Waals surface area contributed by atoms with Crippen molar-refractivity contribution in [1.82, 2.24) is 4.90 Å². The first-order chi connectivity index (χ1) is 9.13. The fourth-order valence-corrected chi connectivity index (χ4v) is 2.09. The second-order valence-electron chi connectivity index (χ2n) is 5.00. The van der Waals surface area contributed by atoms with E-state index in [2.05, 4.69) is 17.1 Å². The highest BCUT2D eigenvalue weighted by atomic mass is 16.5. The molecule has 104 valence electrons. The predicted molar refractivity (Wildman–Crippen MR) is 74.8 cm³/mol. The Morgan fingerprint density at radius 1 is 1.53 bits per heavy atom. The van der Waals surface area contributed by atoms with Gasteiger partial charge < -0.3 is 20.6 Å². The quantitative estimate of drug-likeness (QED) is 0.354. The van der Waals surface area contributed by atoms with Crippen LogP contribution >= 0.6 is 0 Å². The molecule has 1 aromatic rings. The number of benzene rings is 1. The average molecular weight is 263 g/mol. The largest absolute Gasteiger partial charge is 0.491 e. The second kappa shape index (κ2) is 5.93. The Kier molecular flexibility index (Phi) is 4.27. The molecule has 0 unspecified atom stereocenters. The molecule has 0 spiro atoms. The van der Waals surface area contributed by atoms with Gasteiger partial charge in [0.25, 0.3) is 0 Å². The van der Waals surface area contributed by atoms with Crippen LogP contribution in [0.3, 0.4) is 0 Å². The van der Waals surface area contributed by atoms with Crippen molar-refractivity contribution in [3.8, 4) is 5.75 Å². The number of likely N-dealkylation sites (N-methyl/N-ethyl adjacent to an activating group) is 1. The molecule has 1 saturated carbocycles. The standard InChI is InChI=1S/C14H21N3O2/c1-10-4-3-5-12(14(15)16-18)13(10)19-9-8-17(2)11-6-7-11/h3-5,11,18H,6-9H2,1-2H3,(H2,15,16). The molecule has 19 heavy (non-hydrogen) atoms. The van der Waals surface area contributed by atoms with Crippen LogP contribution in [-0.4, -0.2) is 42.2 Å². The maximum atomic E-state index is 8.80. The Labute approximate surface area is 113 Å². The van der Waals surface area contributed by atoms with Crippen LogP contribution in [0.1, 0.15) is 24.0 Å². The second-order valence-corrected chi connectivity index (χ2v) is 5.00. The third-order valence-corrected chi connectivity index (χ3v) is 3.46. The molecule has 0 atom stereocenters. The van der Waals surface area contributed by atoms with Gasteiger partial charge in [0.05, 0.1) is 5.56 Å². The number of nitrogens with zero attached hydrogens (tertiary/aromatic N) is 2. The molecule has 5 heteroatoms. The summed E-state index contributed by atoms with van der Waals surface area (Å²) in [5, 5.41) is 11.8. The van der Waals surface area contributed by atoms with Crippen molar-refractivity contribution in [3.05, 3.63) is 29.3 Å². The molecule has 1 aromatic carbocycles. The van der Waals surface area contributed by atoms with E-state index < -0.39 is 0 Å². The summed E-state index contributed by atoms with van der Waals surface area (Å²) in [6, 6.07) is 6.34. The highest BCUT2D eigenvalue weighted by Crippen LogP contribution is 2.26. The number of ether oxygens (including phenoxy) is 1. The molecule has 2 rings (SSSR count). The maximum absolute atomic E-state index is 8.80. The third-order valence-electron chi connectivity index (χ3n) is 3.46. The number of amidine groups is 1. The molecule has 1 aliphatic rings. The van der Waals surface area contributed by atoms with Gasteiger partial charge in [-0.25, -0.2) is 0 Å². The number of aryl methyl sites for hydroxylation is 1. The summed E-state index contributed by atoms with van der Waals surface area (Å²) < 4.78 is 5.83. The third kappa shape index (κ3) is 3.38. The van der Waals surface area contributed by atoms with Crippen molar-refractivity contribution >= 4 is 5.84 Å². The Hall–Kier alpha value is -1.75. The first-order valence-electron chi connectivity index (χ1n) is 6.54. The number of hydrogen-bond donors (Lipinski definition) is 2. The summed E-state index contributed by atoms with van der Waals surface area (Å²) in [6.07, 6.45) is 2.58. The SMILES string of the molecule is Cc1cccc(/C(N)=N/O)c1OCCN(C)C1CC1. The van der Waals surface area contributed by atoms with Crippen LogP contribution in [0.2, 0.25) is 0 Å². The number of nitrogens with two attached hydrogens (primary N) is 1. The zero-order chi connectivity index (χ0) is 13.8. The molecule has 3 N–H and O–H groups in total. The van der Waals surface area contributed by atoms with E-state index in [4.69, 9.17) is 15.7 Å². The average Bonchev–Trinajstić information content (AvgIpc) is 3.23. The lowest BCUT2D eigenvalue weighted by atomic mass is 10.1. The minimum absolute atomic E-state index is 0.0780. The highest BCUT2D eigenvalue weighted by Gasteiger charge is 2.25. The van der Waals surface area contributed by atoms with Crippen molar-refractivity contribution in [2.75, 3.05) is 20.2 Å². The van der Waals surface area contributed by atoms with Crippen molar-refractivity contribution in [2.24, 2.45) is 10.9 Å². The smallest absolute Gasteiger partial charge is 0.173 e. The van der Waals surface area contributed by atoms with Gasteiger partial charge in [0.15, 0.2) is 5.84 Å². The molecule has 0 heterocycles. The van der Waals surface area contributed by atoms with Crippen LogP contribution in [-0.2, 0) is 0 Å². The lowest BCUT2D eigenvalue weighted by Gasteiger charge is -2.18. The molecule has 0 saturated heterocycles. The zero-order valence-corrected chi connectivity index (χ0v) is 11.5.